The van der Waals surface area contributed by atoms with Crippen LogP contribution in [0.25, 0.3) is 0 Å². The Hall–Kier alpha value is -1.58. The quantitative estimate of drug-likeness (QED) is 0.827. The van der Waals surface area contributed by atoms with Gasteiger partial charge in [-0.1, -0.05) is 32.6 Å². The molecule has 4 nitrogen and oxygen atoms in total. The van der Waals surface area contributed by atoms with Crippen molar-refractivity contribution in [2.45, 2.75) is 64.8 Å². The molecule has 21 heavy (non-hydrogen) atoms. The van der Waals surface area contributed by atoms with E-state index < -0.39 is 5.97 Å². The Kier molecular flexibility index (Phi) is 5.59. The Morgan fingerprint density at radius 3 is 2.71 bits per heavy atom. The minimum absolute atomic E-state index is 0.326. The van der Waals surface area contributed by atoms with Crippen LogP contribution in [-0.4, -0.2) is 22.1 Å². The maximum absolute atomic E-state index is 11.2. The van der Waals surface area contributed by atoms with Crippen LogP contribution in [0.3, 0.4) is 0 Å². The second-order valence-corrected chi connectivity index (χ2v) is 6.12. The molecule has 1 aromatic rings. The van der Waals surface area contributed by atoms with E-state index in [4.69, 9.17) is 0 Å². The number of nitrogens with one attached hydrogen (secondary N) is 1. The van der Waals surface area contributed by atoms with Crippen molar-refractivity contribution in [1.29, 1.82) is 0 Å². The Morgan fingerprint density at radius 2 is 2.10 bits per heavy atom. The molecule has 0 spiro atoms. The average Bonchev–Trinajstić information content (AvgIpc) is 2.48. The molecule has 1 atom stereocenters. The first-order valence-electron chi connectivity index (χ1n) is 8.11. The van der Waals surface area contributed by atoms with E-state index in [9.17, 15) is 9.90 Å². The number of anilines is 1. The standard InChI is InChI=1S/C17H26N2O2/c1-3-7-15-10-14(17(20)21)11-16(19-15)18-12(2)13-8-5-4-6-9-13/h10-13H,3-9H2,1-2H3,(H,18,19)(H,20,21). The molecule has 1 saturated carbocycles. The van der Waals surface area contributed by atoms with Crippen molar-refractivity contribution in [3.63, 3.8) is 0 Å². The third kappa shape index (κ3) is 4.45. The van der Waals surface area contributed by atoms with Gasteiger partial charge in [-0.15, -0.1) is 0 Å². The molecule has 0 saturated heterocycles. The number of aromatic carboxylic acids is 1. The van der Waals surface area contributed by atoms with Gasteiger partial charge in [-0.25, -0.2) is 9.78 Å². The molecule has 0 radical (unpaired) electrons. The van der Waals surface area contributed by atoms with Crippen molar-refractivity contribution in [3.05, 3.63) is 23.4 Å². The van der Waals surface area contributed by atoms with Crippen LogP contribution in [0.1, 0.15) is 68.4 Å². The van der Waals surface area contributed by atoms with E-state index in [2.05, 4.69) is 24.1 Å². The molecular weight excluding hydrogens is 264 g/mol. The van der Waals surface area contributed by atoms with Crippen LogP contribution in [0, 0.1) is 5.92 Å². The van der Waals surface area contributed by atoms with Gasteiger partial charge in [-0.3, -0.25) is 0 Å². The highest BCUT2D eigenvalue weighted by atomic mass is 16.4. The Bertz CT molecular complexity index is 482. The van der Waals surface area contributed by atoms with Crippen molar-refractivity contribution in [2.75, 3.05) is 5.32 Å². The highest BCUT2D eigenvalue weighted by Crippen LogP contribution is 2.28. The summed E-state index contributed by atoms with van der Waals surface area (Å²) in [5.41, 5.74) is 1.18. The van der Waals surface area contributed by atoms with Gasteiger partial charge in [-0.05, 0) is 44.2 Å². The molecule has 1 fully saturated rings. The zero-order chi connectivity index (χ0) is 15.2. The molecule has 4 heteroatoms. The number of rotatable bonds is 6. The lowest BCUT2D eigenvalue weighted by molar-refractivity contribution is 0.0696. The highest BCUT2D eigenvalue weighted by Gasteiger charge is 2.20. The van der Waals surface area contributed by atoms with E-state index in [-0.39, 0.29) is 0 Å². The molecule has 1 aliphatic carbocycles. The van der Waals surface area contributed by atoms with Gasteiger partial charge in [0, 0.05) is 11.7 Å². The van der Waals surface area contributed by atoms with E-state index in [0.717, 1.165) is 18.5 Å². The summed E-state index contributed by atoms with van der Waals surface area (Å²) in [6, 6.07) is 3.68. The second-order valence-electron chi connectivity index (χ2n) is 6.12. The summed E-state index contributed by atoms with van der Waals surface area (Å²) in [5.74, 6) is 0.489. The molecule has 0 aliphatic heterocycles. The predicted octanol–water partition coefficient (Wildman–Crippen LogP) is 4.11. The molecule has 1 aliphatic rings. The first-order chi connectivity index (χ1) is 10.1. The lowest BCUT2D eigenvalue weighted by atomic mass is 9.84. The fraction of sp³-hybridized carbons (Fsp3) is 0.647. The number of carbonyl (C=O) groups is 1. The summed E-state index contributed by atoms with van der Waals surface area (Å²) in [4.78, 5) is 15.8. The SMILES string of the molecule is CCCc1cc(C(=O)O)cc(NC(C)C2CCCCC2)n1. The van der Waals surface area contributed by atoms with Crippen molar-refractivity contribution in [2.24, 2.45) is 5.92 Å². The third-order valence-electron chi connectivity index (χ3n) is 4.36. The lowest BCUT2D eigenvalue weighted by Crippen LogP contribution is -2.28. The normalized spacial score (nSPS) is 17.4. The minimum atomic E-state index is -0.886. The van der Waals surface area contributed by atoms with Crippen LogP contribution in [0.5, 0.6) is 0 Å². The van der Waals surface area contributed by atoms with E-state index in [1.165, 1.54) is 32.1 Å². The molecule has 1 heterocycles. The number of hydrogen-bond donors (Lipinski definition) is 2. The summed E-state index contributed by atoms with van der Waals surface area (Å²) >= 11 is 0. The van der Waals surface area contributed by atoms with Gasteiger partial charge in [0.1, 0.15) is 5.82 Å². The van der Waals surface area contributed by atoms with Crippen LogP contribution in [0.4, 0.5) is 5.82 Å². The van der Waals surface area contributed by atoms with Crippen molar-refractivity contribution in [1.82, 2.24) is 4.98 Å². The predicted molar refractivity (Wildman–Crippen MR) is 84.9 cm³/mol. The zero-order valence-electron chi connectivity index (χ0n) is 13.1. The second kappa shape index (κ2) is 7.43. The fourth-order valence-corrected chi connectivity index (χ4v) is 3.15. The lowest BCUT2D eigenvalue weighted by Gasteiger charge is -2.28. The molecule has 1 aromatic heterocycles. The largest absolute Gasteiger partial charge is 0.478 e. The monoisotopic (exact) mass is 290 g/mol. The minimum Gasteiger partial charge on any atom is -0.478 e. The van der Waals surface area contributed by atoms with Crippen LogP contribution in [-0.2, 0) is 6.42 Å². The maximum atomic E-state index is 11.2. The number of aromatic nitrogens is 1. The fourth-order valence-electron chi connectivity index (χ4n) is 3.15. The number of aryl methyl sites for hydroxylation is 1. The summed E-state index contributed by atoms with van der Waals surface area (Å²) in [6.07, 6.45) is 8.25. The van der Waals surface area contributed by atoms with Crippen LogP contribution < -0.4 is 5.32 Å². The number of hydrogen-bond acceptors (Lipinski definition) is 3. The smallest absolute Gasteiger partial charge is 0.335 e. The van der Waals surface area contributed by atoms with E-state index >= 15 is 0 Å². The highest BCUT2D eigenvalue weighted by molar-refractivity contribution is 5.88. The van der Waals surface area contributed by atoms with Gasteiger partial charge >= 0.3 is 5.97 Å². The van der Waals surface area contributed by atoms with E-state index in [1.54, 1.807) is 12.1 Å². The summed E-state index contributed by atoms with van der Waals surface area (Å²) in [5, 5.41) is 12.7. The molecule has 0 bridgehead atoms. The first kappa shape index (κ1) is 15.8. The van der Waals surface area contributed by atoms with Crippen molar-refractivity contribution in [3.8, 4) is 0 Å². The van der Waals surface area contributed by atoms with E-state index in [0.29, 0.717) is 23.3 Å². The van der Waals surface area contributed by atoms with Gasteiger partial charge < -0.3 is 10.4 Å². The van der Waals surface area contributed by atoms with Gasteiger partial charge in [-0.2, -0.15) is 0 Å². The molecule has 1 unspecified atom stereocenters. The van der Waals surface area contributed by atoms with Crippen molar-refractivity contribution >= 4 is 11.8 Å². The molecule has 2 rings (SSSR count). The Morgan fingerprint density at radius 1 is 1.38 bits per heavy atom. The number of pyridine rings is 1. The molecular formula is C17H26N2O2. The zero-order valence-corrected chi connectivity index (χ0v) is 13.1. The van der Waals surface area contributed by atoms with Gasteiger partial charge in [0.25, 0.3) is 0 Å². The van der Waals surface area contributed by atoms with Crippen molar-refractivity contribution < 1.29 is 9.90 Å². The van der Waals surface area contributed by atoms with Crippen LogP contribution >= 0.6 is 0 Å². The Balaban J connectivity index is 2.11. The number of carboxylic acids is 1. The van der Waals surface area contributed by atoms with Crippen LogP contribution in [0.15, 0.2) is 12.1 Å². The maximum Gasteiger partial charge on any atom is 0.335 e. The summed E-state index contributed by atoms with van der Waals surface area (Å²) in [6.45, 7) is 4.26. The molecule has 2 N–H and O–H groups in total. The molecule has 0 amide bonds. The average molecular weight is 290 g/mol. The van der Waals surface area contributed by atoms with Crippen LogP contribution in [0.2, 0.25) is 0 Å². The third-order valence-corrected chi connectivity index (χ3v) is 4.36. The topological polar surface area (TPSA) is 62.2 Å². The van der Waals surface area contributed by atoms with Gasteiger partial charge in [0.15, 0.2) is 0 Å². The van der Waals surface area contributed by atoms with E-state index in [1.807, 2.05) is 0 Å². The number of carboxylic acid groups (broad SMARTS) is 1. The summed E-state index contributed by atoms with van der Waals surface area (Å²) in [7, 11) is 0. The summed E-state index contributed by atoms with van der Waals surface area (Å²) < 4.78 is 0. The van der Waals surface area contributed by atoms with Gasteiger partial charge in [0.2, 0.25) is 0 Å². The Labute approximate surface area is 127 Å². The number of nitrogens with zero attached hydrogens (tertiary/aromatic N) is 1. The molecule has 116 valence electrons. The first-order valence-corrected chi connectivity index (χ1v) is 8.11. The van der Waals surface area contributed by atoms with Gasteiger partial charge in [0.05, 0.1) is 5.56 Å². The molecule has 0 aromatic carbocycles.